The number of halogens is 1. The van der Waals surface area contributed by atoms with Crippen LogP contribution in [0, 0.1) is 23.6 Å². The molecular weight excluding hydrogens is 419 g/mol. The zero-order valence-electron chi connectivity index (χ0n) is 18.4. The molecule has 6 heteroatoms. The highest BCUT2D eigenvalue weighted by molar-refractivity contribution is 5.88. The molecule has 5 rings (SSSR count). The second kappa shape index (κ2) is 8.99. The molecule has 170 valence electrons. The Hall–Kier alpha value is -3.17. The number of piperazine rings is 1. The second-order valence-corrected chi connectivity index (χ2v) is 9.23. The van der Waals surface area contributed by atoms with E-state index in [0.29, 0.717) is 12.1 Å². The van der Waals surface area contributed by atoms with E-state index in [2.05, 4.69) is 11.8 Å². The standard InChI is InChI=1S/C27H27FN2O3/c28-22-7-3-4-19(14-22)9-8-18-10-12-20(13-11-18)26-23-15-29(27(33)21-5-1-2-6-21)16-25(32)30(23)24(26)17-31/h3-4,7,10-14,21,23-24,26,31H,1-2,5-6,15-17H2/t23-,24+,26-/m1/s1. The van der Waals surface area contributed by atoms with E-state index < -0.39 is 0 Å². The Morgan fingerprint density at radius 2 is 1.79 bits per heavy atom. The number of carbonyl (C=O) groups is 2. The van der Waals surface area contributed by atoms with Crippen molar-refractivity contribution in [1.29, 1.82) is 0 Å². The van der Waals surface area contributed by atoms with Crippen molar-refractivity contribution in [2.24, 2.45) is 5.92 Å². The maximum Gasteiger partial charge on any atom is 0.242 e. The van der Waals surface area contributed by atoms with Crippen LogP contribution in [0.3, 0.4) is 0 Å². The molecule has 2 aromatic carbocycles. The van der Waals surface area contributed by atoms with Gasteiger partial charge in [0.25, 0.3) is 0 Å². The van der Waals surface area contributed by atoms with Gasteiger partial charge in [-0.25, -0.2) is 4.39 Å². The first kappa shape index (κ1) is 21.7. The van der Waals surface area contributed by atoms with Crippen molar-refractivity contribution in [1.82, 2.24) is 9.80 Å². The Kier molecular flexibility index (Phi) is 5.90. The zero-order valence-corrected chi connectivity index (χ0v) is 18.4. The summed E-state index contributed by atoms with van der Waals surface area (Å²) < 4.78 is 13.3. The number of carbonyl (C=O) groups excluding carboxylic acids is 2. The smallest absolute Gasteiger partial charge is 0.242 e. The van der Waals surface area contributed by atoms with Crippen molar-refractivity contribution in [3.63, 3.8) is 0 Å². The molecule has 0 radical (unpaired) electrons. The van der Waals surface area contributed by atoms with Crippen LogP contribution in [0.2, 0.25) is 0 Å². The van der Waals surface area contributed by atoms with Gasteiger partial charge in [-0.1, -0.05) is 42.9 Å². The van der Waals surface area contributed by atoms with Gasteiger partial charge in [-0.15, -0.1) is 0 Å². The average molecular weight is 447 g/mol. The minimum absolute atomic E-state index is 0.0247. The van der Waals surface area contributed by atoms with Gasteiger partial charge in [0.2, 0.25) is 11.8 Å². The number of nitrogens with zero attached hydrogens (tertiary/aromatic N) is 2. The molecule has 2 aliphatic heterocycles. The predicted molar refractivity (Wildman–Crippen MR) is 122 cm³/mol. The summed E-state index contributed by atoms with van der Waals surface area (Å²) >= 11 is 0. The number of fused-ring (bicyclic) bond motifs is 1. The number of hydrogen-bond donors (Lipinski definition) is 1. The molecule has 0 aromatic heterocycles. The van der Waals surface area contributed by atoms with Crippen molar-refractivity contribution < 1.29 is 19.1 Å². The van der Waals surface area contributed by atoms with Gasteiger partial charge in [0, 0.05) is 29.5 Å². The van der Waals surface area contributed by atoms with E-state index in [1.165, 1.54) is 12.1 Å². The number of amides is 2. The van der Waals surface area contributed by atoms with Gasteiger partial charge < -0.3 is 14.9 Å². The Balaban J connectivity index is 1.32. The molecule has 3 atom stereocenters. The third-order valence-electron chi connectivity index (χ3n) is 7.24. The summed E-state index contributed by atoms with van der Waals surface area (Å²) in [7, 11) is 0. The van der Waals surface area contributed by atoms with E-state index in [4.69, 9.17) is 0 Å². The lowest BCUT2D eigenvalue weighted by atomic mass is 9.73. The molecule has 2 saturated heterocycles. The van der Waals surface area contributed by atoms with E-state index in [-0.39, 0.29) is 54.7 Å². The van der Waals surface area contributed by atoms with Crippen LogP contribution in [0.4, 0.5) is 4.39 Å². The van der Waals surface area contributed by atoms with Crippen LogP contribution in [0.15, 0.2) is 48.5 Å². The Morgan fingerprint density at radius 3 is 2.48 bits per heavy atom. The third kappa shape index (κ3) is 4.14. The molecule has 5 nitrogen and oxygen atoms in total. The largest absolute Gasteiger partial charge is 0.394 e. The molecule has 2 amide bonds. The number of aliphatic hydroxyl groups excluding tert-OH is 1. The molecule has 0 unspecified atom stereocenters. The van der Waals surface area contributed by atoms with Gasteiger partial charge in [-0.3, -0.25) is 9.59 Å². The first-order valence-electron chi connectivity index (χ1n) is 11.6. The van der Waals surface area contributed by atoms with E-state index in [1.54, 1.807) is 21.9 Å². The van der Waals surface area contributed by atoms with Gasteiger partial charge in [0.1, 0.15) is 5.82 Å². The molecule has 0 spiro atoms. The van der Waals surface area contributed by atoms with Crippen LogP contribution in [-0.2, 0) is 9.59 Å². The normalized spacial score (nSPS) is 24.7. The lowest BCUT2D eigenvalue weighted by Gasteiger charge is -2.59. The summed E-state index contributed by atoms with van der Waals surface area (Å²) in [6, 6.07) is 13.6. The van der Waals surface area contributed by atoms with E-state index in [0.717, 1.165) is 36.8 Å². The fourth-order valence-corrected chi connectivity index (χ4v) is 5.60. The van der Waals surface area contributed by atoms with Crippen molar-refractivity contribution >= 4 is 11.8 Å². The monoisotopic (exact) mass is 446 g/mol. The Morgan fingerprint density at radius 1 is 1.06 bits per heavy atom. The topological polar surface area (TPSA) is 60.9 Å². The maximum atomic E-state index is 13.3. The summed E-state index contributed by atoms with van der Waals surface area (Å²) in [4.78, 5) is 29.2. The van der Waals surface area contributed by atoms with E-state index >= 15 is 0 Å². The van der Waals surface area contributed by atoms with Crippen LogP contribution < -0.4 is 0 Å². The molecule has 33 heavy (non-hydrogen) atoms. The average Bonchev–Trinajstić information content (AvgIpc) is 3.34. The molecule has 1 aliphatic carbocycles. The van der Waals surface area contributed by atoms with E-state index in [9.17, 15) is 19.1 Å². The number of hydrogen-bond acceptors (Lipinski definition) is 3. The van der Waals surface area contributed by atoms with Crippen LogP contribution in [0.5, 0.6) is 0 Å². The molecule has 3 fully saturated rings. The molecule has 0 bridgehead atoms. The van der Waals surface area contributed by atoms with E-state index in [1.807, 2.05) is 24.3 Å². The zero-order chi connectivity index (χ0) is 22.9. The van der Waals surface area contributed by atoms with Gasteiger partial charge in [-0.05, 0) is 48.7 Å². The minimum Gasteiger partial charge on any atom is -0.394 e. The summed E-state index contributed by atoms with van der Waals surface area (Å²) in [6.45, 7) is 0.525. The Labute approximate surface area is 193 Å². The first-order valence-corrected chi connectivity index (χ1v) is 11.6. The number of aliphatic hydroxyl groups is 1. The number of benzene rings is 2. The molecule has 3 aliphatic rings. The van der Waals surface area contributed by atoms with Crippen LogP contribution in [0.1, 0.15) is 48.3 Å². The number of rotatable bonds is 3. The van der Waals surface area contributed by atoms with Crippen molar-refractivity contribution in [2.45, 2.75) is 43.7 Å². The summed E-state index contributed by atoms with van der Waals surface area (Å²) in [5.41, 5.74) is 2.44. The van der Waals surface area contributed by atoms with Crippen LogP contribution in [-0.4, -0.2) is 58.5 Å². The third-order valence-corrected chi connectivity index (χ3v) is 7.24. The fraction of sp³-hybridized carbons (Fsp3) is 0.407. The highest BCUT2D eigenvalue weighted by Crippen LogP contribution is 2.43. The van der Waals surface area contributed by atoms with Gasteiger partial charge in [-0.2, -0.15) is 0 Å². The Bertz CT molecular complexity index is 1110. The van der Waals surface area contributed by atoms with Gasteiger partial charge >= 0.3 is 0 Å². The van der Waals surface area contributed by atoms with Crippen LogP contribution in [0.25, 0.3) is 0 Å². The fourth-order valence-electron chi connectivity index (χ4n) is 5.60. The molecule has 1 saturated carbocycles. The highest BCUT2D eigenvalue weighted by Gasteiger charge is 2.54. The summed E-state index contributed by atoms with van der Waals surface area (Å²) in [5.74, 6) is 5.75. The first-order chi connectivity index (χ1) is 16.0. The minimum atomic E-state index is -0.316. The van der Waals surface area contributed by atoms with Crippen molar-refractivity contribution in [3.05, 3.63) is 71.0 Å². The van der Waals surface area contributed by atoms with Crippen molar-refractivity contribution in [2.75, 3.05) is 19.7 Å². The maximum absolute atomic E-state index is 13.3. The quantitative estimate of drug-likeness (QED) is 0.738. The molecular formula is C27H27FN2O3. The van der Waals surface area contributed by atoms with Crippen LogP contribution >= 0.6 is 0 Å². The second-order valence-electron chi connectivity index (χ2n) is 9.23. The lowest BCUT2D eigenvalue weighted by Crippen LogP contribution is -2.73. The molecule has 2 aromatic rings. The lowest BCUT2D eigenvalue weighted by molar-refractivity contribution is -0.168. The van der Waals surface area contributed by atoms with Crippen molar-refractivity contribution in [3.8, 4) is 11.8 Å². The predicted octanol–water partition coefficient (Wildman–Crippen LogP) is 2.91. The van der Waals surface area contributed by atoms with Gasteiger partial charge in [0.05, 0.1) is 25.2 Å². The summed E-state index contributed by atoms with van der Waals surface area (Å²) in [5, 5.41) is 9.98. The SMILES string of the molecule is O=C(C1CCCC1)N1CC(=O)N2[C@H](C1)[C@@H](c1ccc(C#Cc3cccc(F)c3)cc1)[C@@H]2CO. The highest BCUT2D eigenvalue weighted by atomic mass is 19.1. The molecule has 1 N–H and O–H groups in total. The summed E-state index contributed by atoms with van der Waals surface area (Å²) in [6.07, 6.45) is 3.99. The molecule has 2 heterocycles. The van der Waals surface area contributed by atoms with Gasteiger partial charge in [0.15, 0.2) is 0 Å².